The van der Waals surface area contributed by atoms with Crippen LogP contribution in [0.2, 0.25) is 0 Å². The van der Waals surface area contributed by atoms with Gasteiger partial charge in [-0.2, -0.15) is 0 Å². The van der Waals surface area contributed by atoms with Crippen LogP contribution in [0.5, 0.6) is 0 Å². The van der Waals surface area contributed by atoms with E-state index in [0.29, 0.717) is 0 Å². The fourth-order valence-electron chi connectivity index (χ4n) is 1.55. The van der Waals surface area contributed by atoms with Gasteiger partial charge in [0, 0.05) is 18.3 Å². The van der Waals surface area contributed by atoms with E-state index in [4.69, 9.17) is 5.73 Å². The third-order valence-corrected chi connectivity index (χ3v) is 4.10. The van der Waals surface area contributed by atoms with Gasteiger partial charge in [-0.1, -0.05) is 20.8 Å². The van der Waals surface area contributed by atoms with Gasteiger partial charge in [-0.05, 0) is 18.4 Å². The predicted molar refractivity (Wildman–Crippen MR) is 67.9 cm³/mol. The largest absolute Gasteiger partial charge is 0.384 e. The van der Waals surface area contributed by atoms with Crippen molar-refractivity contribution in [2.75, 3.05) is 5.73 Å². The van der Waals surface area contributed by atoms with Crippen molar-refractivity contribution in [2.24, 2.45) is 5.92 Å². The molecule has 1 aromatic rings. The van der Waals surface area contributed by atoms with E-state index in [2.05, 4.69) is 9.71 Å². The standard InChI is InChI=1S/C11H19N3O2S/c1-4-10(8(2)3)14-17(15,16)9-5-6-13-11(12)7-9/h5-8,10,14H,4H2,1-3H3,(H2,12,13). The molecular weight excluding hydrogens is 238 g/mol. The molecule has 17 heavy (non-hydrogen) atoms. The van der Waals surface area contributed by atoms with Crippen molar-refractivity contribution in [2.45, 2.75) is 38.1 Å². The van der Waals surface area contributed by atoms with Gasteiger partial charge in [0.15, 0.2) is 0 Å². The highest BCUT2D eigenvalue weighted by Crippen LogP contribution is 2.14. The average molecular weight is 257 g/mol. The molecule has 1 aromatic heterocycles. The van der Waals surface area contributed by atoms with Gasteiger partial charge in [0.05, 0.1) is 4.90 Å². The third-order valence-electron chi connectivity index (χ3n) is 2.61. The topological polar surface area (TPSA) is 85.1 Å². The normalized spacial score (nSPS) is 13.9. The van der Waals surface area contributed by atoms with Crippen LogP contribution in [0.4, 0.5) is 5.82 Å². The molecule has 1 unspecified atom stereocenters. The maximum Gasteiger partial charge on any atom is 0.241 e. The average Bonchev–Trinajstić information content (AvgIpc) is 2.25. The number of nitrogens with one attached hydrogen (secondary N) is 1. The van der Waals surface area contributed by atoms with Gasteiger partial charge in [0.1, 0.15) is 5.82 Å². The number of nitrogens with zero attached hydrogens (tertiary/aromatic N) is 1. The fraction of sp³-hybridized carbons (Fsp3) is 0.545. The van der Waals surface area contributed by atoms with Crippen LogP contribution in [-0.2, 0) is 10.0 Å². The smallest absolute Gasteiger partial charge is 0.241 e. The van der Waals surface area contributed by atoms with Crippen LogP contribution in [0.1, 0.15) is 27.2 Å². The Bertz CT molecular complexity index is 471. The second kappa shape index (κ2) is 5.46. The maximum absolute atomic E-state index is 12.1. The SMILES string of the molecule is CCC(NS(=O)(=O)c1ccnc(N)c1)C(C)C. The zero-order valence-electron chi connectivity index (χ0n) is 10.3. The van der Waals surface area contributed by atoms with Crippen LogP contribution in [0.3, 0.4) is 0 Å². The number of sulfonamides is 1. The fourth-order valence-corrected chi connectivity index (χ4v) is 3.04. The minimum atomic E-state index is -3.51. The van der Waals surface area contributed by atoms with Crippen LogP contribution in [-0.4, -0.2) is 19.4 Å². The lowest BCUT2D eigenvalue weighted by molar-refractivity contribution is 0.437. The lowest BCUT2D eigenvalue weighted by Gasteiger charge is -2.20. The second-order valence-electron chi connectivity index (χ2n) is 4.30. The summed E-state index contributed by atoms with van der Waals surface area (Å²) in [5.41, 5.74) is 5.48. The summed E-state index contributed by atoms with van der Waals surface area (Å²) in [7, 11) is -3.51. The molecule has 1 rings (SSSR count). The molecule has 0 fully saturated rings. The number of anilines is 1. The number of aromatic nitrogens is 1. The molecule has 0 aliphatic rings. The van der Waals surface area contributed by atoms with Crippen LogP contribution in [0.25, 0.3) is 0 Å². The van der Waals surface area contributed by atoms with E-state index in [1.54, 1.807) is 0 Å². The number of nitrogens with two attached hydrogens (primary N) is 1. The Balaban J connectivity index is 2.96. The molecule has 0 spiro atoms. The highest BCUT2D eigenvalue weighted by atomic mass is 32.2. The number of pyridine rings is 1. The van der Waals surface area contributed by atoms with Gasteiger partial charge in [0.25, 0.3) is 0 Å². The van der Waals surface area contributed by atoms with Crippen molar-refractivity contribution in [1.29, 1.82) is 0 Å². The van der Waals surface area contributed by atoms with Crippen molar-refractivity contribution in [3.05, 3.63) is 18.3 Å². The molecule has 5 nitrogen and oxygen atoms in total. The maximum atomic E-state index is 12.1. The second-order valence-corrected chi connectivity index (χ2v) is 6.01. The van der Waals surface area contributed by atoms with Crippen molar-refractivity contribution in [1.82, 2.24) is 9.71 Å². The summed E-state index contributed by atoms with van der Waals surface area (Å²) >= 11 is 0. The highest BCUT2D eigenvalue weighted by Gasteiger charge is 2.21. The van der Waals surface area contributed by atoms with Gasteiger partial charge in [0.2, 0.25) is 10.0 Å². The predicted octanol–water partition coefficient (Wildman–Crippen LogP) is 1.38. The summed E-state index contributed by atoms with van der Waals surface area (Å²) in [6.45, 7) is 5.92. The first-order chi connectivity index (χ1) is 7.86. The van der Waals surface area contributed by atoms with Gasteiger partial charge < -0.3 is 5.73 Å². The van der Waals surface area contributed by atoms with E-state index in [-0.39, 0.29) is 22.7 Å². The van der Waals surface area contributed by atoms with Gasteiger partial charge >= 0.3 is 0 Å². The summed E-state index contributed by atoms with van der Waals surface area (Å²) < 4.78 is 26.8. The summed E-state index contributed by atoms with van der Waals surface area (Å²) in [6, 6.07) is 2.72. The summed E-state index contributed by atoms with van der Waals surface area (Å²) in [5, 5.41) is 0. The van der Waals surface area contributed by atoms with E-state index in [9.17, 15) is 8.42 Å². The molecule has 0 saturated heterocycles. The molecule has 1 atom stereocenters. The van der Waals surface area contributed by atoms with Crippen LogP contribution < -0.4 is 10.5 Å². The molecule has 3 N–H and O–H groups in total. The number of nitrogen functional groups attached to an aromatic ring is 1. The number of hydrogen-bond acceptors (Lipinski definition) is 4. The lowest BCUT2D eigenvalue weighted by atomic mass is 10.0. The Hall–Kier alpha value is -1.14. The summed E-state index contributed by atoms with van der Waals surface area (Å²) in [5.74, 6) is 0.444. The first kappa shape index (κ1) is 13.9. The molecular formula is C11H19N3O2S. The Morgan fingerprint density at radius 3 is 2.59 bits per heavy atom. The first-order valence-corrected chi connectivity index (χ1v) is 7.09. The minimum Gasteiger partial charge on any atom is -0.384 e. The van der Waals surface area contributed by atoms with Gasteiger partial charge in [-0.15, -0.1) is 0 Å². The Morgan fingerprint density at radius 1 is 1.47 bits per heavy atom. The molecule has 0 bridgehead atoms. The van der Waals surface area contributed by atoms with E-state index in [1.165, 1.54) is 18.3 Å². The lowest BCUT2D eigenvalue weighted by Crippen LogP contribution is -2.38. The quantitative estimate of drug-likeness (QED) is 0.834. The molecule has 0 aromatic carbocycles. The summed E-state index contributed by atoms with van der Waals surface area (Å²) in [6.07, 6.45) is 2.14. The van der Waals surface area contributed by atoms with Crippen molar-refractivity contribution >= 4 is 15.8 Å². The van der Waals surface area contributed by atoms with E-state index in [0.717, 1.165) is 6.42 Å². The molecule has 6 heteroatoms. The van der Waals surface area contributed by atoms with Gasteiger partial charge in [-0.25, -0.2) is 18.1 Å². The van der Waals surface area contributed by atoms with Crippen molar-refractivity contribution in [3.8, 4) is 0 Å². The van der Waals surface area contributed by atoms with E-state index < -0.39 is 10.0 Å². The summed E-state index contributed by atoms with van der Waals surface area (Å²) in [4.78, 5) is 3.93. The van der Waals surface area contributed by atoms with Crippen LogP contribution in [0.15, 0.2) is 23.2 Å². The third kappa shape index (κ3) is 3.67. The van der Waals surface area contributed by atoms with Crippen molar-refractivity contribution in [3.63, 3.8) is 0 Å². The molecule has 0 radical (unpaired) electrons. The molecule has 96 valence electrons. The van der Waals surface area contributed by atoms with E-state index >= 15 is 0 Å². The first-order valence-electron chi connectivity index (χ1n) is 5.60. The zero-order valence-corrected chi connectivity index (χ0v) is 11.2. The van der Waals surface area contributed by atoms with E-state index in [1.807, 2.05) is 20.8 Å². The van der Waals surface area contributed by atoms with Crippen LogP contribution >= 0.6 is 0 Å². The van der Waals surface area contributed by atoms with Crippen molar-refractivity contribution < 1.29 is 8.42 Å². The molecule has 0 amide bonds. The monoisotopic (exact) mass is 257 g/mol. The number of rotatable bonds is 5. The van der Waals surface area contributed by atoms with Gasteiger partial charge in [-0.3, -0.25) is 0 Å². The molecule has 0 aliphatic carbocycles. The zero-order chi connectivity index (χ0) is 13.1. The molecule has 0 saturated carbocycles. The molecule has 0 aliphatic heterocycles. The highest BCUT2D eigenvalue weighted by molar-refractivity contribution is 7.89. The number of hydrogen-bond donors (Lipinski definition) is 2. The molecule has 1 heterocycles. The Morgan fingerprint density at radius 2 is 2.12 bits per heavy atom. The minimum absolute atomic E-state index is 0.0746. The Kier molecular flexibility index (Phi) is 4.47. The Labute approximate surface area is 102 Å². The van der Waals surface area contributed by atoms with Crippen LogP contribution in [0, 0.1) is 5.92 Å².